The Hall–Kier alpha value is -0.770. The fourth-order valence-corrected chi connectivity index (χ4v) is 2.29. The van der Waals surface area contributed by atoms with E-state index >= 15 is 0 Å². The van der Waals surface area contributed by atoms with Crippen molar-refractivity contribution in [3.8, 4) is 0 Å². The first-order valence-electron chi connectivity index (χ1n) is 5.63. The second-order valence-electron chi connectivity index (χ2n) is 4.17. The smallest absolute Gasteiger partial charge is 0.225 e. The maximum Gasteiger partial charge on any atom is 0.225 e. The lowest BCUT2D eigenvalue weighted by Crippen LogP contribution is -2.27. The van der Waals surface area contributed by atoms with Gasteiger partial charge in [-0.3, -0.25) is 4.79 Å². The van der Waals surface area contributed by atoms with Gasteiger partial charge in [-0.05, 0) is 37.6 Å². The first-order valence-corrected chi connectivity index (χ1v) is 6.39. The Balaban J connectivity index is 1.95. The van der Waals surface area contributed by atoms with Crippen molar-refractivity contribution in [3.05, 3.63) is 28.2 Å². The Kier molecular flexibility index (Phi) is 4.26. The molecule has 1 fully saturated rings. The van der Waals surface area contributed by atoms with Crippen molar-refractivity contribution in [2.24, 2.45) is 0 Å². The van der Waals surface area contributed by atoms with Crippen LogP contribution in [0.25, 0.3) is 0 Å². The Morgan fingerprint density at radius 1 is 1.47 bits per heavy atom. The van der Waals surface area contributed by atoms with Crippen LogP contribution in [0.2, 0.25) is 10.0 Å². The van der Waals surface area contributed by atoms with Crippen molar-refractivity contribution in [2.45, 2.75) is 25.3 Å². The first kappa shape index (κ1) is 12.7. The summed E-state index contributed by atoms with van der Waals surface area (Å²) in [6, 6.07) is 5.31. The van der Waals surface area contributed by atoms with Crippen LogP contribution in [0.5, 0.6) is 0 Å². The van der Waals surface area contributed by atoms with Gasteiger partial charge in [0.1, 0.15) is 0 Å². The zero-order valence-corrected chi connectivity index (χ0v) is 10.8. The SMILES string of the molecule is O=C(CC1CCCN1)Nc1cc(Cl)ccc1Cl. The van der Waals surface area contributed by atoms with Gasteiger partial charge >= 0.3 is 0 Å². The molecular formula is C12H14Cl2N2O. The predicted octanol–water partition coefficient (Wildman–Crippen LogP) is 3.07. The van der Waals surface area contributed by atoms with Gasteiger partial charge in [-0.15, -0.1) is 0 Å². The molecule has 92 valence electrons. The summed E-state index contributed by atoms with van der Waals surface area (Å²) in [5.74, 6) is -0.0337. The molecule has 2 rings (SSSR count). The van der Waals surface area contributed by atoms with Crippen molar-refractivity contribution in [3.63, 3.8) is 0 Å². The largest absolute Gasteiger partial charge is 0.325 e. The third-order valence-electron chi connectivity index (χ3n) is 2.80. The van der Waals surface area contributed by atoms with E-state index in [9.17, 15) is 4.79 Å². The molecular weight excluding hydrogens is 259 g/mol. The second-order valence-corrected chi connectivity index (χ2v) is 5.01. The van der Waals surface area contributed by atoms with Gasteiger partial charge in [0, 0.05) is 17.5 Å². The number of amides is 1. The number of rotatable bonds is 3. The number of hydrogen-bond acceptors (Lipinski definition) is 2. The molecule has 1 atom stereocenters. The Bertz CT molecular complexity index is 417. The highest BCUT2D eigenvalue weighted by Gasteiger charge is 2.18. The minimum absolute atomic E-state index is 0.0337. The number of hydrogen-bond donors (Lipinski definition) is 2. The van der Waals surface area contributed by atoms with E-state index in [1.807, 2.05) is 0 Å². The topological polar surface area (TPSA) is 41.1 Å². The van der Waals surface area contributed by atoms with Gasteiger partial charge < -0.3 is 10.6 Å². The molecule has 1 aliphatic rings. The van der Waals surface area contributed by atoms with E-state index in [2.05, 4.69) is 10.6 Å². The van der Waals surface area contributed by atoms with Crippen LogP contribution in [0.3, 0.4) is 0 Å². The molecule has 1 unspecified atom stereocenters. The molecule has 2 N–H and O–H groups in total. The first-order chi connectivity index (χ1) is 8.15. The van der Waals surface area contributed by atoms with Crippen LogP contribution in [-0.4, -0.2) is 18.5 Å². The summed E-state index contributed by atoms with van der Waals surface area (Å²) >= 11 is 11.8. The lowest BCUT2D eigenvalue weighted by atomic mass is 10.1. The molecule has 1 aliphatic heterocycles. The summed E-state index contributed by atoms with van der Waals surface area (Å²) in [7, 11) is 0. The van der Waals surface area contributed by atoms with Crippen molar-refractivity contribution in [1.82, 2.24) is 5.32 Å². The van der Waals surface area contributed by atoms with Crippen LogP contribution >= 0.6 is 23.2 Å². The summed E-state index contributed by atoms with van der Waals surface area (Å²) in [6.07, 6.45) is 2.66. The Labute approximate surface area is 110 Å². The lowest BCUT2D eigenvalue weighted by Gasteiger charge is -2.11. The Morgan fingerprint density at radius 2 is 2.29 bits per heavy atom. The molecule has 0 aromatic heterocycles. The van der Waals surface area contributed by atoms with E-state index in [1.165, 1.54) is 0 Å². The predicted molar refractivity (Wildman–Crippen MR) is 70.7 cm³/mol. The monoisotopic (exact) mass is 272 g/mol. The molecule has 1 amide bonds. The zero-order chi connectivity index (χ0) is 12.3. The summed E-state index contributed by atoms with van der Waals surface area (Å²) < 4.78 is 0. The number of carbonyl (C=O) groups is 1. The van der Waals surface area contributed by atoms with Crippen molar-refractivity contribution in [1.29, 1.82) is 0 Å². The quantitative estimate of drug-likeness (QED) is 0.888. The Morgan fingerprint density at radius 3 is 3.00 bits per heavy atom. The second kappa shape index (κ2) is 5.71. The molecule has 1 saturated heterocycles. The molecule has 17 heavy (non-hydrogen) atoms. The maximum absolute atomic E-state index is 11.8. The molecule has 0 radical (unpaired) electrons. The molecule has 0 saturated carbocycles. The van der Waals surface area contributed by atoms with E-state index in [-0.39, 0.29) is 11.9 Å². The highest BCUT2D eigenvalue weighted by atomic mass is 35.5. The van der Waals surface area contributed by atoms with E-state index < -0.39 is 0 Å². The molecule has 1 aromatic rings. The van der Waals surface area contributed by atoms with Crippen molar-refractivity contribution >= 4 is 34.8 Å². The molecule has 5 heteroatoms. The fourth-order valence-electron chi connectivity index (χ4n) is 1.95. The normalized spacial score (nSPS) is 19.3. The summed E-state index contributed by atoms with van der Waals surface area (Å²) in [5.41, 5.74) is 0.571. The van der Waals surface area contributed by atoms with Gasteiger partial charge in [-0.2, -0.15) is 0 Å². The molecule has 0 aliphatic carbocycles. The van der Waals surface area contributed by atoms with E-state index in [0.717, 1.165) is 19.4 Å². The van der Waals surface area contributed by atoms with E-state index in [1.54, 1.807) is 18.2 Å². The number of carbonyl (C=O) groups excluding carboxylic acids is 1. The number of anilines is 1. The highest BCUT2D eigenvalue weighted by Crippen LogP contribution is 2.25. The van der Waals surface area contributed by atoms with Gasteiger partial charge in [0.2, 0.25) is 5.91 Å². The number of nitrogens with one attached hydrogen (secondary N) is 2. The third kappa shape index (κ3) is 3.60. The number of halogens is 2. The summed E-state index contributed by atoms with van der Waals surface area (Å²) in [6.45, 7) is 0.996. The van der Waals surface area contributed by atoms with Gasteiger partial charge in [-0.25, -0.2) is 0 Å². The average molecular weight is 273 g/mol. The third-order valence-corrected chi connectivity index (χ3v) is 3.36. The minimum Gasteiger partial charge on any atom is -0.325 e. The molecule has 3 nitrogen and oxygen atoms in total. The standard InChI is InChI=1S/C12H14Cl2N2O/c13-8-3-4-10(14)11(6-8)16-12(17)7-9-2-1-5-15-9/h3-4,6,9,15H,1-2,5,7H2,(H,16,17). The van der Waals surface area contributed by atoms with E-state index in [0.29, 0.717) is 22.2 Å². The molecule has 1 aromatic carbocycles. The van der Waals surface area contributed by atoms with Crippen molar-refractivity contribution in [2.75, 3.05) is 11.9 Å². The fraction of sp³-hybridized carbons (Fsp3) is 0.417. The molecule has 1 heterocycles. The number of benzene rings is 1. The minimum atomic E-state index is -0.0337. The van der Waals surface area contributed by atoms with Crippen LogP contribution in [0.15, 0.2) is 18.2 Å². The summed E-state index contributed by atoms with van der Waals surface area (Å²) in [4.78, 5) is 11.8. The lowest BCUT2D eigenvalue weighted by molar-refractivity contribution is -0.116. The highest BCUT2D eigenvalue weighted by molar-refractivity contribution is 6.35. The maximum atomic E-state index is 11.8. The zero-order valence-electron chi connectivity index (χ0n) is 9.30. The van der Waals surface area contributed by atoms with Gasteiger partial charge in [0.25, 0.3) is 0 Å². The average Bonchev–Trinajstić information content (AvgIpc) is 2.76. The molecule has 0 spiro atoms. The van der Waals surface area contributed by atoms with Crippen LogP contribution in [-0.2, 0) is 4.79 Å². The summed E-state index contributed by atoms with van der Waals surface area (Å²) in [5, 5.41) is 7.12. The van der Waals surface area contributed by atoms with Gasteiger partial charge in [-0.1, -0.05) is 23.2 Å². The van der Waals surface area contributed by atoms with Gasteiger partial charge in [0.15, 0.2) is 0 Å². The van der Waals surface area contributed by atoms with Crippen LogP contribution in [0.4, 0.5) is 5.69 Å². The van der Waals surface area contributed by atoms with Crippen LogP contribution in [0.1, 0.15) is 19.3 Å². The van der Waals surface area contributed by atoms with Crippen LogP contribution < -0.4 is 10.6 Å². The van der Waals surface area contributed by atoms with Crippen LogP contribution in [0, 0.1) is 0 Å². The van der Waals surface area contributed by atoms with Gasteiger partial charge in [0.05, 0.1) is 10.7 Å². The van der Waals surface area contributed by atoms with E-state index in [4.69, 9.17) is 23.2 Å². The van der Waals surface area contributed by atoms with Crippen molar-refractivity contribution < 1.29 is 4.79 Å². The molecule has 0 bridgehead atoms.